The second kappa shape index (κ2) is 15.0. The van der Waals surface area contributed by atoms with Gasteiger partial charge >= 0.3 is 0 Å². The Morgan fingerprint density at radius 3 is 1.77 bits per heavy atom. The van der Waals surface area contributed by atoms with Gasteiger partial charge in [0.25, 0.3) is 5.91 Å². The summed E-state index contributed by atoms with van der Waals surface area (Å²) >= 11 is 3.69. The molecule has 0 saturated carbocycles. The van der Waals surface area contributed by atoms with Crippen LogP contribution in [0.2, 0.25) is 0 Å². The maximum Gasteiger partial charge on any atom is 0.259 e. The van der Waals surface area contributed by atoms with Crippen molar-refractivity contribution in [1.29, 1.82) is 0 Å². The molecule has 2 atom stereocenters. The average molecular weight is 665 g/mol. The normalized spacial score (nSPS) is 17.0. The van der Waals surface area contributed by atoms with E-state index in [1.165, 1.54) is 92.4 Å². The van der Waals surface area contributed by atoms with Crippen molar-refractivity contribution in [1.82, 2.24) is 0 Å². The van der Waals surface area contributed by atoms with E-state index in [-0.39, 0.29) is 5.91 Å². The van der Waals surface area contributed by atoms with Crippen molar-refractivity contribution in [3.8, 4) is 20.9 Å². The van der Waals surface area contributed by atoms with Crippen molar-refractivity contribution in [2.75, 3.05) is 29.4 Å². The van der Waals surface area contributed by atoms with Gasteiger partial charge in [0.05, 0.1) is 11.3 Å². The summed E-state index contributed by atoms with van der Waals surface area (Å²) in [5.74, 6) is 1.33. The first kappa shape index (κ1) is 33.7. The van der Waals surface area contributed by atoms with Crippen LogP contribution < -0.4 is 9.80 Å². The lowest BCUT2D eigenvalue weighted by Gasteiger charge is -2.25. The third kappa shape index (κ3) is 7.03. The molecule has 4 aromatic rings. The number of anilines is 2. The van der Waals surface area contributed by atoms with Gasteiger partial charge in [-0.05, 0) is 91.6 Å². The average Bonchev–Trinajstić information content (AvgIpc) is 3.86. The number of fused-ring (bicyclic) bond motifs is 2. The summed E-state index contributed by atoms with van der Waals surface area (Å²) in [5, 5.41) is 0. The summed E-state index contributed by atoms with van der Waals surface area (Å²) in [6.07, 6.45) is 9.59. The van der Waals surface area contributed by atoms with Crippen LogP contribution in [0.15, 0.2) is 60.7 Å². The fraction of sp³-hybridized carbons (Fsp3) is 0.452. The fourth-order valence-corrected chi connectivity index (χ4v) is 9.20. The number of amides is 1. The summed E-state index contributed by atoms with van der Waals surface area (Å²) in [6, 6.07) is 22.7. The van der Waals surface area contributed by atoms with E-state index in [9.17, 15) is 4.79 Å². The molecule has 0 bridgehead atoms. The van der Waals surface area contributed by atoms with Gasteiger partial charge in [0.2, 0.25) is 0 Å². The second-order valence-electron chi connectivity index (χ2n) is 13.8. The number of thiophene rings is 2. The molecule has 248 valence electrons. The molecule has 0 spiro atoms. The van der Waals surface area contributed by atoms with Gasteiger partial charge in [-0.1, -0.05) is 90.5 Å². The summed E-state index contributed by atoms with van der Waals surface area (Å²) in [6.45, 7) is 16.1. The van der Waals surface area contributed by atoms with Crippen LogP contribution in [0.3, 0.4) is 0 Å². The summed E-state index contributed by atoms with van der Waals surface area (Å²) in [5.41, 5.74) is 9.33. The smallest absolute Gasteiger partial charge is 0.259 e. The van der Waals surface area contributed by atoms with Crippen molar-refractivity contribution in [2.45, 2.75) is 92.9 Å². The highest BCUT2D eigenvalue weighted by Crippen LogP contribution is 2.49. The van der Waals surface area contributed by atoms with Crippen molar-refractivity contribution in [2.24, 2.45) is 11.8 Å². The molecule has 0 N–H and O–H groups in total. The number of hydrogen-bond acceptors (Lipinski definition) is 4. The molecule has 2 aromatic carbocycles. The maximum absolute atomic E-state index is 14.8. The van der Waals surface area contributed by atoms with E-state index in [1.807, 2.05) is 22.7 Å². The Bertz CT molecular complexity index is 1740. The van der Waals surface area contributed by atoms with Gasteiger partial charge in [0.1, 0.15) is 0 Å². The summed E-state index contributed by atoms with van der Waals surface area (Å²) in [4.78, 5) is 24.8. The number of aryl methyl sites for hydroxylation is 2. The molecule has 0 fully saturated rings. The number of carbonyl (C=O) groups excluding carboxylic acids is 1. The molecule has 4 heterocycles. The minimum absolute atomic E-state index is 0.188. The van der Waals surface area contributed by atoms with E-state index >= 15 is 0 Å². The third-order valence-corrected chi connectivity index (χ3v) is 12.5. The Kier molecular flexibility index (Phi) is 10.7. The van der Waals surface area contributed by atoms with E-state index in [0.29, 0.717) is 11.8 Å². The quantitative estimate of drug-likeness (QED) is 0.125. The van der Waals surface area contributed by atoms with Crippen molar-refractivity contribution in [3.05, 3.63) is 81.5 Å². The molecule has 0 aliphatic carbocycles. The third-order valence-electron chi connectivity index (χ3n) is 10.4. The van der Waals surface area contributed by atoms with Gasteiger partial charge in [-0.2, -0.15) is 0 Å². The Balaban J connectivity index is 1.47. The molecule has 2 aliphatic heterocycles. The topological polar surface area (TPSA) is 23.6 Å². The highest BCUT2D eigenvalue weighted by molar-refractivity contribution is 7.15. The molecule has 2 aromatic heterocycles. The number of nitrogens with zero attached hydrogens (tertiary/aromatic N) is 2. The van der Waals surface area contributed by atoms with Crippen LogP contribution in [0.1, 0.15) is 99.9 Å². The molecule has 0 saturated heterocycles. The zero-order valence-corrected chi connectivity index (χ0v) is 31.0. The zero-order chi connectivity index (χ0) is 33.1. The second-order valence-corrected chi connectivity index (χ2v) is 16.3. The maximum atomic E-state index is 14.8. The van der Waals surface area contributed by atoms with Crippen LogP contribution in [-0.2, 0) is 4.79 Å². The first-order valence-electron chi connectivity index (χ1n) is 18.1. The molecule has 2 aliphatic rings. The molecule has 6 rings (SSSR count). The Hall–Kier alpha value is -3.15. The summed E-state index contributed by atoms with van der Waals surface area (Å²) < 4.78 is 0. The van der Waals surface area contributed by atoms with Gasteiger partial charge in [0, 0.05) is 56.0 Å². The van der Waals surface area contributed by atoms with Crippen molar-refractivity contribution >= 4 is 51.1 Å². The number of benzene rings is 2. The number of unbranched alkanes of at least 4 members (excludes halogenated alkanes) is 2. The largest absolute Gasteiger partial charge is 0.366 e. The van der Waals surface area contributed by atoms with E-state index < -0.39 is 0 Å². The highest BCUT2D eigenvalue weighted by atomic mass is 32.1. The minimum Gasteiger partial charge on any atom is -0.366 e. The molecule has 3 nitrogen and oxygen atoms in total. The van der Waals surface area contributed by atoms with Gasteiger partial charge < -0.3 is 9.80 Å². The summed E-state index contributed by atoms with van der Waals surface area (Å²) in [7, 11) is 0. The van der Waals surface area contributed by atoms with Crippen molar-refractivity contribution in [3.63, 3.8) is 0 Å². The SMILES string of the molecule is CCCCC(CC)CN1C/C(=C2/C(=O)N(CC(CC)CCCC)c3cc(-c4ccc(C)s4)ccc32)c2ccc(-c3ccc(C)s3)cc21. The van der Waals surface area contributed by atoms with Crippen LogP contribution in [0, 0.1) is 25.7 Å². The van der Waals surface area contributed by atoms with Gasteiger partial charge in [0.15, 0.2) is 0 Å². The standard InChI is InChI=1S/C42H52N2OS2/c1-7-11-13-30(9-3)25-43-27-36(34-19-17-32(23-37(34)43)39-21-15-28(5)46-39)41-35-20-18-33(40-22-16-29(6)47-40)24-38(35)44(42(41)45)26-31(10-4)14-12-8-2/h15-24,30-31H,7-14,25-27H2,1-6H3/b41-36-. The number of hydrogen-bond donors (Lipinski definition) is 0. The first-order chi connectivity index (χ1) is 22.8. The lowest BCUT2D eigenvalue weighted by atomic mass is 9.95. The fourth-order valence-electron chi connectivity index (χ4n) is 7.48. The lowest BCUT2D eigenvalue weighted by Crippen LogP contribution is -2.32. The van der Waals surface area contributed by atoms with E-state index in [2.05, 4.69) is 112 Å². The minimum atomic E-state index is 0.188. The van der Waals surface area contributed by atoms with Gasteiger partial charge in [-0.15, -0.1) is 22.7 Å². The van der Waals surface area contributed by atoms with E-state index in [0.717, 1.165) is 42.9 Å². The monoisotopic (exact) mass is 664 g/mol. The Morgan fingerprint density at radius 1 is 0.681 bits per heavy atom. The van der Waals surface area contributed by atoms with Crippen LogP contribution in [-0.4, -0.2) is 25.5 Å². The lowest BCUT2D eigenvalue weighted by molar-refractivity contribution is -0.113. The highest BCUT2D eigenvalue weighted by Gasteiger charge is 2.39. The molecule has 1 amide bonds. The van der Waals surface area contributed by atoms with Crippen molar-refractivity contribution < 1.29 is 4.79 Å². The molecule has 47 heavy (non-hydrogen) atoms. The van der Waals surface area contributed by atoms with Crippen LogP contribution >= 0.6 is 22.7 Å². The van der Waals surface area contributed by atoms with Gasteiger partial charge in [-0.25, -0.2) is 0 Å². The van der Waals surface area contributed by atoms with Gasteiger partial charge in [-0.3, -0.25) is 4.79 Å². The van der Waals surface area contributed by atoms with Crippen LogP contribution in [0.5, 0.6) is 0 Å². The van der Waals surface area contributed by atoms with Crippen LogP contribution in [0.25, 0.3) is 32.0 Å². The molecule has 5 heteroatoms. The first-order valence-corrected chi connectivity index (χ1v) is 19.7. The van der Waals surface area contributed by atoms with E-state index in [1.54, 1.807) is 0 Å². The zero-order valence-electron chi connectivity index (χ0n) is 29.3. The Morgan fingerprint density at radius 2 is 1.23 bits per heavy atom. The predicted molar refractivity (Wildman–Crippen MR) is 207 cm³/mol. The van der Waals surface area contributed by atoms with E-state index in [4.69, 9.17) is 0 Å². The molecule has 0 radical (unpaired) electrons. The van der Waals surface area contributed by atoms with Crippen LogP contribution in [0.4, 0.5) is 11.4 Å². The molecular weight excluding hydrogens is 613 g/mol. The Labute approximate surface area is 291 Å². The number of rotatable bonds is 14. The predicted octanol–water partition coefficient (Wildman–Crippen LogP) is 12.3. The molecule has 2 unspecified atom stereocenters. The molecular formula is C42H52N2OS2. The number of carbonyl (C=O) groups is 1.